The van der Waals surface area contributed by atoms with Gasteiger partial charge in [-0.05, 0) is 30.7 Å². The Morgan fingerprint density at radius 2 is 2.25 bits per heavy atom. The van der Waals surface area contributed by atoms with E-state index in [0.717, 1.165) is 34.7 Å². The predicted octanol–water partition coefficient (Wildman–Crippen LogP) is 3.26. The third-order valence-electron chi connectivity index (χ3n) is 3.60. The number of aromatic nitrogens is 3. The summed E-state index contributed by atoms with van der Waals surface area (Å²) < 4.78 is 5.34. The molecule has 1 saturated carbocycles. The zero-order valence-electron chi connectivity index (χ0n) is 10.6. The summed E-state index contributed by atoms with van der Waals surface area (Å²) in [6.45, 7) is 0. The van der Waals surface area contributed by atoms with Gasteiger partial charge in [-0.1, -0.05) is 5.16 Å². The van der Waals surface area contributed by atoms with Crippen LogP contribution in [0, 0.1) is 0 Å². The van der Waals surface area contributed by atoms with Crippen molar-refractivity contribution in [1.29, 1.82) is 0 Å². The van der Waals surface area contributed by atoms with E-state index in [1.54, 1.807) is 28.9 Å². The van der Waals surface area contributed by atoms with Crippen molar-refractivity contribution in [3.05, 3.63) is 28.8 Å². The van der Waals surface area contributed by atoms with E-state index in [0.29, 0.717) is 11.7 Å². The van der Waals surface area contributed by atoms with Gasteiger partial charge in [-0.3, -0.25) is 0 Å². The average molecular weight is 304 g/mol. The van der Waals surface area contributed by atoms with E-state index in [1.165, 1.54) is 0 Å². The molecule has 7 heteroatoms. The first-order valence-corrected chi connectivity index (χ1v) is 8.12. The standard InChI is InChI=1S/C13H12N4OS2/c14-13(3-1-4-13)12-16-10(18-17-12)9-6-15-11(20-9)8-2-5-19-7-8/h2,5-7H,1,3-4,14H2. The van der Waals surface area contributed by atoms with Crippen LogP contribution >= 0.6 is 22.7 Å². The molecule has 2 N–H and O–H groups in total. The summed E-state index contributed by atoms with van der Waals surface area (Å²) in [6, 6.07) is 2.05. The molecule has 5 nitrogen and oxygen atoms in total. The molecule has 102 valence electrons. The van der Waals surface area contributed by atoms with E-state index in [4.69, 9.17) is 10.3 Å². The van der Waals surface area contributed by atoms with Gasteiger partial charge in [0.25, 0.3) is 5.89 Å². The van der Waals surface area contributed by atoms with E-state index in [-0.39, 0.29) is 5.54 Å². The molecule has 3 aromatic rings. The monoisotopic (exact) mass is 304 g/mol. The average Bonchev–Trinajstić information content (AvgIpc) is 3.13. The number of hydrogen-bond acceptors (Lipinski definition) is 7. The van der Waals surface area contributed by atoms with Crippen molar-refractivity contribution in [2.75, 3.05) is 0 Å². The molecule has 1 aliphatic carbocycles. The molecule has 0 saturated heterocycles. The maximum absolute atomic E-state index is 6.20. The van der Waals surface area contributed by atoms with Crippen molar-refractivity contribution >= 4 is 22.7 Å². The van der Waals surface area contributed by atoms with Crippen molar-refractivity contribution in [3.8, 4) is 21.3 Å². The molecule has 0 radical (unpaired) electrons. The first-order valence-electron chi connectivity index (χ1n) is 6.36. The SMILES string of the molecule is NC1(c2noc(-c3cnc(-c4ccsc4)s3)n2)CCC1. The largest absolute Gasteiger partial charge is 0.333 e. The number of thiazole rings is 1. The van der Waals surface area contributed by atoms with Gasteiger partial charge in [0, 0.05) is 10.9 Å². The van der Waals surface area contributed by atoms with E-state index in [9.17, 15) is 0 Å². The third kappa shape index (κ3) is 1.90. The lowest BCUT2D eigenvalue weighted by Gasteiger charge is -2.34. The Kier molecular flexibility index (Phi) is 2.73. The summed E-state index contributed by atoms with van der Waals surface area (Å²) in [4.78, 5) is 9.73. The number of rotatable bonds is 3. The minimum Gasteiger partial charge on any atom is -0.333 e. The molecule has 1 aliphatic rings. The van der Waals surface area contributed by atoms with E-state index in [2.05, 4.69) is 26.6 Å². The molecule has 1 fully saturated rings. The summed E-state index contributed by atoms with van der Waals surface area (Å²) in [7, 11) is 0. The highest BCUT2D eigenvalue weighted by Crippen LogP contribution is 2.38. The topological polar surface area (TPSA) is 77.8 Å². The fraction of sp³-hybridized carbons (Fsp3) is 0.308. The van der Waals surface area contributed by atoms with Gasteiger partial charge in [0.05, 0.1) is 11.7 Å². The quantitative estimate of drug-likeness (QED) is 0.803. The summed E-state index contributed by atoms with van der Waals surface area (Å²) in [5.41, 5.74) is 6.94. The Morgan fingerprint density at radius 1 is 1.35 bits per heavy atom. The van der Waals surface area contributed by atoms with Crippen LogP contribution in [0.1, 0.15) is 25.1 Å². The second-order valence-electron chi connectivity index (χ2n) is 4.97. The van der Waals surface area contributed by atoms with E-state index >= 15 is 0 Å². The predicted molar refractivity (Wildman–Crippen MR) is 78.4 cm³/mol. The Morgan fingerprint density at radius 3 is 2.95 bits per heavy atom. The lowest BCUT2D eigenvalue weighted by Crippen LogP contribution is -2.44. The molecule has 0 spiro atoms. The summed E-state index contributed by atoms with van der Waals surface area (Å²) in [5, 5.41) is 9.11. The Labute approximate surface area is 123 Å². The first-order chi connectivity index (χ1) is 9.74. The normalized spacial score (nSPS) is 17.1. The minimum atomic E-state index is -0.386. The van der Waals surface area contributed by atoms with Gasteiger partial charge in [-0.2, -0.15) is 16.3 Å². The maximum atomic E-state index is 6.20. The Balaban J connectivity index is 1.65. The fourth-order valence-electron chi connectivity index (χ4n) is 2.20. The van der Waals surface area contributed by atoms with Crippen LogP contribution in [0.3, 0.4) is 0 Å². The number of thiophene rings is 1. The van der Waals surface area contributed by atoms with Gasteiger partial charge >= 0.3 is 0 Å². The van der Waals surface area contributed by atoms with Crippen LogP contribution < -0.4 is 5.73 Å². The van der Waals surface area contributed by atoms with Gasteiger partial charge in [0.1, 0.15) is 9.88 Å². The minimum absolute atomic E-state index is 0.386. The third-order valence-corrected chi connectivity index (χ3v) is 5.32. The fourth-order valence-corrected chi connectivity index (χ4v) is 3.75. The molecule has 4 rings (SSSR count). The summed E-state index contributed by atoms with van der Waals surface area (Å²) >= 11 is 3.21. The number of hydrogen-bond donors (Lipinski definition) is 1. The molecule has 0 amide bonds. The van der Waals surface area contributed by atoms with Crippen molar-refractivity contribution < 1.29 is 4.52 Å². The van der Waals surface area contributed by atoms with Crippen LogP contribution in [0.15, 0.2) is 27.5 Å². The van der Waals surface area contributed by atoms with Crippen LogP contribution in [0.4, 0.5) is 0 Å². The van der Waals surface area contributed by atoms with E-state index < -0.39 is 0 Å². The van der Waals surface area contributed by atoms with Crippen LogP contribution in [-0.2, 0) is 5.54 Å². The number of nitrogens with two attached hydrogens (primary N) is 1. The zero-order valence-corrected chi connectivity index (χ0v) is 12.2. The van der Waals surface area contributed by atoms with E-state index in [1.807, 2.05) is 5.38 Å². The molecular weight excluding hydrogens is 292 g/mol. The van der Waals surface area contributed by atoms with Crippen molar-refractivity contribution in [2.24, 2.45) is 5.73 Å². The molecule has 0 unspecified atom stereocenters. The second kappa shape index (κ2) is 4.47. The molecule has 20 heavy (non-hydrogen) atoms. The van der Waals surface area contributed by atoms with Gasteiger partial charge in [0.2, 0.25) is 0 Å². The van der Waals surface area contributed by atoms with Gasteiger partial charge in [-0.15, -0.1) is 11.3 Å². The summed E-state index contributed by atoms with van der Waals surface area (Å²) in [6.07, 6.45) is 4.76. The van der Waals surface area contributed by atoms with Crippen LogP contribution in [0.5, 0.6) is 0 Å². The molecule has 0 atom stereocenters. The van der Waals surface area contributed by atoms with Crippen LogP contribution in [-0.4, -0.2) is 15.1 Å². The molecule has 3 heterocycles. The lowest BCUT2D eigenvalue weighted by atomic mass is 9.77. The Bertz CT molecular complexity index is 727. The smallest absolute Gasteiger partial charge is 0.269 e. The van der Waals surface area contributed by atoms with Crippen LogP contribution in [0.25, 0.3) is 21.3 Å². The molecule has 0 bridgehead atoms. The highest BCUT2D eigenvalue weighted by Gasteiger charge is 2.39. The van der Waals surface area contributed by atoms with Crippen LogP contribution in [0.2, 0.25) is 0 Å². The first kappa shape index (κ1) is 12.2. The summed E-state index contributed by atoms with van der Waals surface area (Å²) in [5.74, 6) is 1.12. The number of nitrogens with zero attached hydrogens (tertiary/aromatic N) is 3. The molecule has 0 aliphatic heterocycles. The van der Waals surface area contributed by atoms with Crippen molar-refractivity contribution in [2.45, 2.75) is 24.8 Å². The van der Waals surface area contributed by atoms with Crippen molar-refractivity contribution in [3.63, 3.8) is 0 Å². The Hall–Kier alpha value is -1.57. The van der Waals surface area contributed by atoms with Gasteiger partial charge < -0.3 is 10.3 Å². The highest BCUT2D eigenvalue weighted by atomic mass is 32.1. The van der Waals surface area contributed by atoms with Crippen molar-refractivity contribution in [1.82, 2.24) is 15.1 Å². The molecule has 0 aromatic carbocycles. The van der Waals surface area contributed by atoms with Gasteiger partial charge in [-0.25, -0.2) is 4.98 Å². The molecular formula is C13H12N4OS2. The highest BCUT2D eigenvalue weighted by molar-refractivity contribution is 7.18. The molecule has 3 aromatic heterocycles. The second-order valence-corrected chi connectivity index (χ2v) is 6.79. The maximum Gasteiger partial charge on any atom is 0.269 e. The van der Waals surface area contributed by atoms with Gasteiger partial charge in [0.15, 0.2) is 5.82 Å². The zero-order chi connectivity index (χ0) is 13.6. The lowest BCUT2D eigenvalue weighted by molar-refractivity contribution is 0.229.